The molecule has 2 nitrogen and oxygen atoms in total. The van der Waals surface area contributed by atoms with Gasteiger partial charge in [-0.1, -0.05) is 12.8 Å². The molecule has 0 aliphatic heterocycles. The van der Waals surface area contributed by atoms with Crippen LogP contribution in [0.15, 0.2) is 6.07 Å². The molecule has 0 radical (unpaired) electrons. The number of thioether (sulfide) groups is 1. The van der Waals surface area contributed by atoms with Gasteiger partial charge in [0.15, 0.2) is 5.78 Å². The van der Waals surface area contributed by atoms with Gasteiger partial charge in [-0.25, -0.2) is 0 Å². The summed E-state index contributed by atoms with van der Waals surface area (Å²) in [4.78, 5) is 12.0. The minimum atomic E-state index is -0.449. The molecule has 0 saturated carbocycles. The number of aryl methyl sites for hydroxylation is 1. The Bertz CT molecular complexity index is 440. The van der Waals surface area contributed by atoms with Crippen LogP contribution in [-0.4, -0.2) is 27.7 Å². The van der Waals surface area contributed by atoms with Crippen molar-refractivity contribution < 1.29 is 4.79 Å². The van der Waals surface area contributed by atoms with Crippen LogP contribution in [0.2, 0.25) is 0 Å². The van der Waals surface area contributed by atoms with Gasteiger partial charge in [0.2, 0.25) is 0 Å². The van der Waals surface area contributed by atoms with Crippen molar-refractivity contribution in [3.8, 4) is 0 Å². The SMILES string of the molecule is CSCCCCCCn1c(C)cc(C(=O)C(C)Cl)c1C. The predicted octanol–water partition coefficient (Wildman–Crippen LogP) is 4.84. The molecule has 20 heavy (non-hydrogen) atoms. The van der Waals surface area contributed by atoms with E-state index in [-0.39, 0.29) is 5.78 Å². The van der Waals surface area contributed by atoms with Gasteiger partial charge in [0.05, 0.1) is 5.38 Å². The fourth-order valence-electron chi connectivity index (χ4n) is 2.48. The number of hydrogen-bond donors (Lipinski definition) is 0. The van der Waals surface area contributed by atoms with Crippen LogP contribution < -0.4 is 0 Å². The first-order valence-electron chi connectivity index (χ1n) is 7.33. The van der Waals surface area contributed by atoms with Crippen molar-refractivity contribution in [1.29, 1.82) is 0 Å². The molecule has 0 N–H and O–H groups in total. The molecule has 0 saturated heterocycles. The van der Waals surface area contributed by atoms with Gasteiger partial charge in [0, 0.05) is 23.5 Å². The summed E-state index contributed by atoms with van der Waals surface area (Å²) in [5, 5.41) is -0.449. The normalized spacial score (nSPS) is 12.7. The van der Waals surface area contributed by atoms with Gasteiger partial charge in [-0.2, -0.15) is 11.8 Å². The van der Waals surface area contributed by atoms with E-state index < -0.39 is 5.38 Å². The predicted molar refractivity (Wildman–Crippen MR) is 90.4 cm³/mol. The second-order valence-corrected chi connectivity index (χ2v) is 6.96. The minimum absolute atomic E-state index is 0.0333. The molecule has 0 aromatic carbocycles. The van der Waals surface area contributed by atoms with E-state index in [1.54, 1.807) is 6.92 Å². The average Bonchev–Trinajstić information content (AvgIpc) is 2.69. The molecule has 0 amide bonds. The lowest BCUT2D eigenvalue weighted by Crippen LogP contribution is -2.12. The summed E-state index contributed by atoms with van der Waals surface area (Å²) in [6.45, 7) is 6.83. The Kier molecular flexibility index (Phi) is 7.75. The number of carbonyl (C=O) groups excluding carboxylic acids is 1. The van der Waals surface area contributed by atoms with Crippen molar-refractivity contribution in [2.75, 3.05) is 12.0 Å². The number of carbonyl (C=O) groups is 1. The van der Waals surface area contributed by atoms with E-state index in [2.05, 4.69) is 17.7 Å². The number of unbranched alkanes of at least 4 members (excludes halogenated alkanes) is 3. The van der Waals surface area contributed by atoms with Crippen molar-refractivity contribution in [3.05, 3.63) is 23.0 Å². The summed E-state index contributed by atoms with van der Waals surface area (Å²) < 4.78 is 2.25. The molecule has 0 aliphatic carbocycles. The zero-order valence-electron chi connectivity index (χ0n) is 13.0. The fraction of sp³-hybridized carbons (Fsp3) is 0.688. The topological polar surface area (TPSA) is 22.0 Å². The highest BCUT2D eigenvalue weighted by Crippen LogP contribution is 2.19. The van der Waals surface area contributed by atoms with Gasteiger partial charge in [-0.05, 0) is 51.7 Å². The van der Waals surface area contributed by atoms with Gasteiger partial charge < -0.3 is 4.57 Å². The molecular weight excluding hydrogens is 290 g/mol. The third-order valence-corrected chi connectivity index (χ3v) is 4.58. The third-order valence-electron chi connectivity index (χ3n) is 3.68. The largest absolute Gasteiger partial charge is 0.348 e. The highest BCUT2D eigenvalue weighted by molar-refractivity contribution is 7.98. The number of rotatable bonds is 9. The number of halogens is 1. The number of hydrogen-bond acceptors (Lipinski definition) is 2. The van der Waals surface area contributed by atoms with E-state index in [0.717, 1.165) is 23.5 Å². The van der Waals surface area contributed by atoms with Crippen LogP contribution in [0, 0.1) is 13.8 Å². The molecule has 1 rings (SSSR count). The monoisotopic (exact) mass is 315 g/mol. The van der Waals surface area contributed by atoms with E-state index in [0.29, 0.717) is 0 Å². The number of nitrogens with zero attached hydrogens (tertiary/aromatic N) is 1. The Balaban J connectivity index is 2.56. The average molecular weight is 316 g/mol. The Hall–Kier alpha value is -0.410. The zero-order chi connectivity index (χ0) is 15.1. The van der Waals surface area contributed by atoms with Gasteiger partial charge in [0.1, 0.15) is 0 Å². The van der Waals surface area contributed by atoms with E-state index in [9.17, 15) is 4.79 Å². The van der Waals surface area contributed by atoms with Crippen LogP contribution in [-0.2, 0) is 6.54 Å². The third kappa shape index (κ3) is 4.85. The summed E-state index contributed by atoms with van der Waals surface area (Å²) in [6.07, 6.45) is 7.19. The zero-order valence-corrected chi connectivity index (χ0v) is 14.6. The summed E-state index contributed by atoms with van der Waals surface area (Å²) in [5.41, 5.74) is 3.00. The first-order chi connectivity index (χ1) is 9.49. The van der Waals surface area contributed by atoms with Gasteiger partial charge >= 0.3 is 0 Å². The van der Waals surface area contributed by atoms with Crippen molar-refractivity contribution in [3.63, 3.8) is 0 Å². The van der Waals surface area contributed by atoms with Gasteiger partial charge in [-0.3, -0.25) is 4.79 Å². The summed E-state index contributed by atoms with van der Waals surface area (Å²) in [5.74, 6) is 1.29. The quantitative estimate of drug-likeness (QED) is 0.369. The van der Waals surface area contributed by atoms with E-state index >= 15 is 0 Å². The maximum Gasteiger partial charge on any atom is 0.182 e. The molecule has 1 unspecified atom stereocenters. The highest BCUT2D eigenvalue weighted by Gasteiger charge is 2.18. The summed E-state index contributed by atoms with van der Waals surface area (Å²) in [7, 11) is 0. The van der Waals surface area contributed by atoms with Crippen LogP contribution in [0.1, 0.15) is 54.4 Å². The maximum atomic E-state index is 12.0. The smallest absolute Gasteiger partial charge is 0.182 e. The first-order valence-corrected chi connectivity index (χ1v) is 9.16. The van der Waals surface area contributed by atoms with Crippen LogP contribution in [0.25, 0.3) is 0 Å². The Morgan fingerprint density at radius 2 is 1.95 bits per heavy atom. The number of ketones is 1. The van der Waals surface area contributed by atoms with Crippen molar-refractivity contribution >= 4 is 29.1 Å². The van der Waals surface area contributed by atoms with E-state index in [4.69, 9.17) is 11.6 Å². The second kappa shape index (κ2) is 8.78. The molecule has 114 valence electrons. The van der Waals surface area contributed by atoms with Gasteiger partial charge in [-0.15, -0.1) is 11.6 Å². The standard InChI is InChI=1S/C16H26ClNOS/c1-12-11-15(16(19)13(2)17)14(3)18(12)9-7-5-6-8-10-20-4/h11,13H,5-10H2,1-4H3. The van der Waals surface area contributed by atoms with Crippen LogP contribution in [0.5, 0.6) is 0 Å². The molecular formula is C16H26ClNOS. The van der Waals surface area contributed by atoms with Gasteiger partial charge in [0.25, 0.3) is 0 Å². The summed E-state index contributed by atoms with van der Waals surface area (Å²) in [6, 6.07) is 1.98. The van der Waals surface area contributed by atoms with Crippen LogP contribution >= 0.6 is 23.4 Å². The van der Waals surface area contributed by atoms with Crippen LogP contribution in [0.4, 0.5) is 0 Å². The molecule has 0 aliphatic rings. The molecule has 0 spiro atoms. The first kappa shape index (κ1) is 17.6. The Morgan fingerprint density at radius 3 is 2.55 bits per heavy atom. The molecule has 1 aromatic rings. The molecule has 1 aromatic heterocycles. The Morgan fingerprint density at radius 1 is 1.30 bits per heavy atom. The summed E-state index contributed by atoms with van der Waals surface area (Å²) >= 11 is 7.83. The van der Waals surface area contributed by atoms with Crippen LogP contribution in [0.3, 0.4) is 0 Å². The maximum absolute atomic E-state index is 12.0. The number of Topliss-reactive ketones (excluding diaryl/α,β-unsaturated/α-hetero) is 1. The Labute approximate surface area is 132 Å². The highest BCUT2D eigenvalue weighted by atomic mass is 35.5. The lowest BCUT2D eigenvalue weighted by Gasteiger charge is -2.10. The fourth-order valence-corrected chi connectivity index (χ4v) is 3.09. The van der Waals surface area contributed by atoms with E-state index in [1.165, 1.54) is 31.4 Å². The minimum Gasteiger partial charge on any atom is -0.348 e. The van der Waals surface area contributed by atoms with Crippen molar-refractivity contribution in [2.24, 2.45) is 0 Å². The molecule has 1 heterocycles. The number of aromatic nitrogens is 1. The molecule has 0 bridgehead atoms. The number of alkyl halides is 1. The molecule has 4 heteroatoms. The lowest BCUT2D eigenvalue weighted by atomic mass is 10.1. The molecule has 1 atom stereocenters. The molecule has 0 fully saturated rings. The van der Waals surface area contributed by atoms with Crippen molar-refractivity contribution in [2.45, 2.75) is 58.4 Å². The van der Waals surface area contributed by atoms with Crippen molar-refractivity contribution in [1.82, 2.24) is 4.57 Å². The van der Waals surface area contributed by atoms with E-state index in [1.807, 2.05) is 24.8 Å². The second-order valence-electron chi connectivity index (χ2n) is 5.32. The lowest BCUT2D eigenvalue weighted by molar-refractivity contribution is 0.0991.